The van der Waals surface area contributed by atoms with E-state index < -0.39 is 6.04 Å². The SMILES string of the molecule is C[C@H](N)C(=O)N1CC[C@H]2C(=O)NC(=O)[C@@H]2C1. The van der Waals surface area contributed by atoms with Gasteiger partial charge in [0, 0.05) is 13.1 Å². The van der Waals surface area contributed by atoms with Crippen LogP contribution in [0.1, 0.15) is 13.3 Å². The molecule has 0 aromatic heterocycles. The fourth-order valence-electron chi connectivity index (χ4n) is 2.33. The summed E-state index contributed by atoms with van der Waals surface area (Å²) in [5.74, 6) is -1.28. The number of carbonyl (C=O) groups is 3. The van der Waals surface area contributed by atoms with Gasteiger partial charge in [-0.05, 0) is 13.3 Å². The van der Waals surface area contributed by atoms with Crippen molar-refractivity contribution in [2.45, 2.75) is 19.4 Å². The number of nitrogens with one attached hydrogen (secondary N) is 1. The molecule has 3 amide bonds. The van der Waals surface area contributed by atoms with Crippen molar-refractivity contribution in [2.24, 2.45) is 17.6 Å². The maximum atomic E-state index is 11.7. The Morgan fingerprint density at radius 1 is 1.44 bits per heavy atom. The number of hydrogen-bond acceptors (Lipinski definition) is 4. The van der Waals surface area contributed by atoms with Gasteiger partial charge in [-0.25, -0.2) is 0 Å². The summed E-state index contributed by atoms with van der Waals surface area (Å²) in [6.45, 7) is 2.43. The third kappa shape index (κ3) is 1.69. The minimum absolute atomic E-state index is 0.161. The van der Waals surface area contributed by atoms with Gasteiger partial charge < -0.3 is 10.6 Å². The first-order valence-corrected chi connectivity index (χ1v) is 5.39. The minimum atomic E-state index is -0.559. The number of fused-ring (bicyclic) bond motifs is 1. The highest BCUT2D eigenvalue weighted by atomic mass is 16.2. The van der Waals surface area contributed by atoms with Crippen molar-refractivity contribution in [3.8, 4) is 0 Å². The molecule has 2 saturated heterocycles. The van der Waals surface area contributed by atoms with Crippen LogP contribution >= 0.6 is 0 Å². The molecule has 3 atom stereocenters. The lowest BCUT2D eigenvalue weighted by Gasteiger charge is -2.33. The molecule has 2 aliphatic heterocycles. The molecule has 0 saturated carbocycles. The highest BCUT2D eigenvalue weighted by molar-refractivity contribution is 6.05. The van der Waals surface area contributed by atoms with Gasteiger partial charge in [0.25, 0.3) is 0 Å². The molecule has 0 bridgehead atoms. The first kappa shape index (κ1) is 11.1. The molecule has 2 rings (SSSR count). The zero-order chi connectivity index (χ0) is 11.9. The quantitative estimate of drug-likeness (QED) is 0.529. The minimum Gasteiger partial charge on any atom is -0.341 e. The predicted molar refractivity (Wildman–Crippen MR) is 55.0 cm³/mol. The topological polar surface area (TPSA) is 92.5 Å². The van der Waals surface area contributed by atoms with E-state index in [4.69, 9.17) is 5.73 Å². The summed E-state index contributed by atoms with van der Waals surface area (Å²) < 4.78 is 0. The Bertz CT molecular complexity index is 353. The lowest BCUT2D eigenvalue weighted by atomic mass is 9.87. The van der Waals surface area contributed by atoms with E-state index in [1.54, 1.807) is 11.8 Å². The lowest BCUT2D eigenvalue weighted by molar-refractivity contribution is -0.137. The van der Waals surface area contributed by atoms with Crippen molar-refractivity contribution in [1.82, 2.24) is 10.2 Å². The molecule has 0 aromatic rings. The molecule has 2 aliphatic rings. The van der Waals surface area contributed by atoms with Crippen LogP contribution in [0.5, 0.6) is 0 Å². The van der Waals surface area contributed by atoms with Crippen molar-refractivity contribution in [1.29, 1.82) is 0 Å². The average molecular weight is 225 g/mol. The molecule has 0 unspecified atom stereocenters. The molecule has 0 radical (unpaired) electrons. The Morgan fingerprint density at radius 2 is 2.06 bits per heavy atom. The highest BCUT2D eigenvalue weighted by Crippen LogP contribution is 2.28. The molecule has 0 aliphatic carbocycles. The Labute approximate surface area is 93.1 Å². The van der Waals surface area contributed by atoms with Crippen LogP contribution in [0.4, 0.5) is 0 Å². The summed E-state index contributed by atoms with van der Waals surface area (Å²) in [6.07, 6.45) is 0.542. The molecular weight excluding hydrogens is 210 g/mol. The van der Waals surface area contributed by atoms with Gasteiger partial charge in [0.05, 0.1) is 17.9 Å². The van der Waals surface area contributed by atoms with E-state index in [1.807, 2.05) is 0 Å². The Morgan fingerprint density at radius 3 is 2.69 bits per heavy atom. The summed E-state index contributed by atoms with van der Waals surface area (Å²) in [5, 5.41) is 2.30. The smallest absolute Gasteiger partial charge is 0.239 e. The fraction of sp³-hybridized carbons (Fsp3) is 0.700. The van der Waals surface area contributed by atoms with Crippen molar-refractivity contribution in [2.75, 3.05) is 13.1 Å². The molecule has 0 aromatic carbocycles. The average Bonchev–Trinajstić information content (AvgIpc) is 2.53. The molecule has 0 spiro atoms. The molecular formula is C10H15N3O3. The number of piperidine rings is 1. The van der Waals surface area contributed by atoms with Gasteiger partial charge >= 0.3 is 0 Å². The van der Waals surface area contributed by atoms with Gasteiger partial charge in [0.2, 0.25) is 17.7 Å². The zero-order valence-electron chi connectivity index (χ0n) is 9.10. The van der Waals surface area contributed by atoms with E-state index in [1.165, 1.54) is 0 Å². The normalized spacial score (nSPS) is 31.0. The van der Waals surface area contributed by atoms with E-state index in [0.717, 1.165) is 0 Å². The largest absolute Gasteiger partial charge is 0.341 e. The fourth-order valence-corrected chi connectivity index (χ4v) is 2.33. The first-order chi connectivity index (χ1) is 7.50. The summed E-state index contributed by atoms with van der Waals surface area (Å²) in [6, 6.07) is -0.559. The number of nitrogens with two attached hydrogens (primary N) is 1. The van der Waals surface area contributed by atoms with Crippen molar-refractivity contribution >= 4 is 17.7 Å². The van der Waals surface area contributed by atoms with Crippen LogP contribution in [0.15, 0.2) is 0 Å². The maximum absolute atomic E-state index is 11.7. The number of nitrogens with zero attached hydrogens (tertiary/aromatic N) is 1. The van der Waals surface area contributed by atoms with Crippen LogP contribution in [0.3, 0.4) is 0 Å². The molecule has 6 nitrogen and oxygen atoms in total. The summed E-state index contributed by atoms with van der Waals surface area (Å²) in [4.78, 5) is 36.1. The highest BCUT2D eigenvalue weighted by Gasteiger charge is 2.45. The van der Waals surface area contributed by atoms with Crippen LogP contribution in [0.2, 0.25) is 0 Å². The molecule has 16 heavy (non-hydrogen) atoms. The van der Waals surface area contributed by atoms with E-state index in [9.17, 15) is 14.4 Å². The van der Waals surface area contributed by atoms with Gasteiger partial charge in [-0.3, -0.25) is 19.7 Å². The Hall–Kier alpha value is -1.43. The van der Waals surface area contributed by atoms with Gasteiger partial charge in [-0.1, -0.05) is 0 Å². The summed E-state index contributed by atoms with van der Waals surface area (Å²) in [7, 11) is 0. The maximum Gasteiger partial charge on any atom is 0.239 e. The van der Waals surface area contributed by atoms with Crippen molar-refractivity contribution < 1.29 is 14.4 Å². The van der Waals surface area contributed by atoms with Crippen LogP contribution in [0, 0.1) is 11.8 Å². The van der Waals surface area contributed by atoms with Crippen molar-refractivity contribution in [3.05, 3.63) is 0 Å². The van der Waals surface area contributed by atoms with Crippen molar-refractivity contribution in [3.63, 3.8) is 0 Å². The van der Waals surface area contributed by atoms with Gasteiger partial charge in [0.1, 0.15) is 0 Å². The molecule has 3 N–H and O–H groups in total. The molecule has 88 valence electrons. The zero-order valence-corrected chi connectivity index (χ0v) is 9.10. The van der Waals surface area contributed by atoms with E-state index in [0.29, 0.717) is 19.5 Å². The monoisotopic (exact) mass is 225 g/mol. The Kier molecular flexibility index (Phi) is 2.67. The third-order valence-corrected chi connectivity index (χ3v) is 3.23. The van der Waals surface area contributed by atoms with Gasteiger partial charge in [-0.15, -0.1) is 0 Å². The number of hydrogen-bond donors (Lipinski definition) is 2. The molecule has 6 heteroatoms. The van der Waals surface area contributed by atoms with Crippen LogP contribution < -0.4 is 11.1 Å². The Balaban J connectivity index is 2.08. The predicted octanol–water partition coefficient (Wildman–Crippen LogP) is -1.55. The number of rotatable bonds is 1. The summed E-state index contributed by atoms with van der Waals surface area (Å²) >= 11 is 0. The standard InChI is InChI=1S/C10H15N3O3/c1-5(11)10(16)13-3-2-6-7(4-13)9(15)12-8(6)14/h5-7H,2-4,11H2,1H3,(H,12,14,15)/t5-,6+,7+/m0/s1. The van der Waals surface area contributed by atoms with E-state index in [2.05, 4.69) is 5.32 Å². The molecule has 2 fully saturated rings. The van der Waals surface area contributed by atoms with Crippen LogP contribution in [0.25, 0.3) is 0 Å². The first-order valence-electron chi connectivity index (χ1n) is 5.39. The number of imide groups is 1. The third-order valence-electron chi connectivity index (χ3n) is 3.23. The van der Waals surface area contributed by atoms with E-state index in [-0.39, 0.29) is 29.6 Å². The van der Waals surface area contributed by atoms with Crippen LogP contribution in [-0.4, -0.2) is 41.8 Å². The van der Waals surface area contributed by atoms with Gasteiger partial charge in [0.15, 0.2) is 0 Å². The number of amides is 3. The summed E-state index contributed by atoms with van der Waals surface area (Å²) in [5.41, 5.74) is 5.51. The van der Waals surface area contributed by atoms with E-state index >= 15 is 0 Å². The second-order valence-electron chi connectivity index (χ2n) is 4.43. The van der Waals surface area contributed by atoms with Gasteiger partial charge in [-0.2, -0.15) is 0 Å². The molecule has 2 heterocycles. The second kappa shape index (κ2) is 3.86. The lowest BCUT2D eigenvalue weighted by Crippen LogP contribution is -2.49. The number of carbonyl (C=O) groups excluding carboxylic acids is 3. The second-order valence-corrected chi connectivity index (χ2v) is 4.43. The van der Waals surface area contributed by atoms with Crippen LogP contribution in [-0.2, 0) is 14.4 Å². The number of likely N-dealkylation sites (tertiary alicyclic amines) is 1.